The van der Waals surface area contributed by atoms with Crippen LogP contribution in [0.1, 0.15) is 11.1 Å². The summed E-state index contributed by atoms with van der Waals surface area (Å²) in [6, 6.07) is 1.96. The van der Waals surface area contributed by atoms with Gasteiger partial charge in [0.1, 0.15) is 0 Å². The van der Waals surface area contributed by atoms with Crippen LogP contribution in [0.2, 0.25) is 0 Å². The second-order valence-corrected chi connectivity index (χ2v) is 4.12. The van der Waals surface area contributed by atoms with Gasteiger partial charge in [-0.25, -0.2) is 5.90 Å². The molecule has 0 spiro atoms. The Bertz CT molecular complexity index is 381. The molecule has 1 heterocycles. The van der Waals surface area contributed by atoms with E-state index in [-0.39, 0.29) is 0 Å². The minimum absolute atomic E-state index is 0.291. The summed E-state index contributed by atoms with van der Waals surface area (Å²) < 4.78 is 11.7. The van der Waals surface area contributed by atoms with Crippen molar-refractivity contribution in [2.75, 3.05) is 13.4 Å². The Balaban J connectivity index is 2.36. The number of hydrogen-bond acceptors (Lipinski definition) is 4. The highest BCUT2D eigenvalue weighted by molar-refractivity contribution is 9.10. The fourth-order valence-electron chi connectivity index (χ4n) is 1.60. The molecule has 4 nitrogen and oxygen atoms in total. The van der Waals surface area contributed by atoms with Crippen LogP contribution in [-0.4, -0.2) is 13.4 Å². The van der Waals surface area contributed by atoms with E-state index in [9.17, 15) is 0 Å². The summed E-state index contributed by atoms with van der Waals surface area (Å²) in [5.41, 5.74) is 2.17. The largest absolute Gasteiger partial charge is 0.454 e. The van der Waals surface area contributed by atoms with Crippen LogP contribution >= 0.6 is 15.9 Å². The van der Waals surface area contributed by atoms with Crippen LogP contribution in [0.15, 0.2) is 10.5 Å². The van der Waals surface area contributed by atoms with Crippen molar-refractivity contribution in [1.82, 2.24) is 0 Å². The zero-order valence-corrected chi connectivity index (χ0v) is 9.96. The van der Waals surface area contributed by atoms with Crippen molar-refractivity contribution in [2.24, 2.45) is 5.90 Å². The minimum atomic E-state index is 0.291. The van der Waals surface area contributed by atoms with Crippen LogP contribution in [0.4, 0.5) is 0 Å². The first-order chi connectivity index (χ1) is 7.24. The lowest BCUT2D eigenvalue weighted by Gasteiger charge is -2.09. The van der Waals surface area contributed by atoms with Gasteiger partial charge in [-0.3, -0.25) is 0 Å². The summed E-state index contributed by atoms with van der Waals surface area (Å²) in [5, 5.41) is 0. The third-order valence-electron chi connectivity index (χ3n) is 2.39. The molecule has 1 aliphatic heterocycles. The van der Waals surface area contributed by atoms with Gasteiger partial charge in [0.05, 0.1) is 6.61 Å². The van der Waals surface area contributed by atoms with Gasteiger partial charge in [0, 0.05) is 10.0 Å². The highest BCUT2D eigenvalue weighted by Crippen LogP contribution is 2.41. The van der Waals surface area contributed by atoms with Crippen LogP contribution in [0.25, 0.3) is 0 Å². The number of fused-ring (bicyclic) bond motifs is 1. The predicted molar refractivity (Wildman–Crippen MR) is 58.8 cm³/mol. The molecule has 0 saturated heterocycles. The van der Waals surface area contributed by atoms with E-state index in [1.807, 2.05) is 13.0 Å². The Morgan fingerprint density at radius 3 is 3.07 bits per heavy atom. The first-order valence-corrected chi connectivity index (χ1v) is 5.42. The van der Waals surface area contributed by atoms with Gasteiger partial charge in [-0.2, -0.15) is 0 Å². The van der Waals surface area contributed by atoms with E-state index in [0.29, 0.717) is 13.4 Å². The summed E-state index contributed by atoms with van der Waals surface area (Å²) in [7, 11) is 0. The van der Waals surface area contributed by atoms with Gasteiger partial charge >= 0.3 is 0 Å². The molecule has 0 amide bonds. The van der Waals surface area contributed by atoms with E-state index in [2.05, 4.69) is 20.8 Å². The summed E-state index contributed by atoms with van der Waals surface area (Å²) in [4.78, 5) is 4.57. The molecule has 2 N–H and O–H groups in total. The van der Waals surface area contributed by atoms with Crippen molar-refractivity contribution < 1.29 is 14.3 Å². The van der Waals surface area contributed by atoms with E-state index in [1.54, 1.807) is 0 Å². The van der Waals surface area contributed by atoms with E-state index >= 15 is 0 Å². The van der Waals surface area contributed by atoms with Gasteiger partial charge in [0.25, 0.3) is 0 Å². The molecule has 0 saturated carbocycles. The van der Waals surface area contributed by atoms with Crippen molar-refractivity contribution in [3.05, 3.63) is 21.7 Å². The molecule has 82 valence electrons. The Morgan fingerprint density at radius 2 is 2.33 bits per heavy atom. The molecule has 1 aliphatic rings. The van der Waals surface area contributed by atoms with E-state index in [0.717, 1.165) is 33.5 Å². The lowest BCUT2D eigenvalue weighted by Crippen LogP contribution is -2.04. The number of benzene rings is 1. The van der Waals surface area contributed by atoms with Gasteiger partial charge in [-0.1, -0.05) is 15.9 Å². The van der Waals surface area contributed by atoms with Gasteiger partial charge < -0.3 is 14.3 Å². The molecule has 0 fully saturated rings. The molecule has 0 aliphatic carbocycles. The summed E-state index contributed by atoms with van der Waals surface area (Å²) in [6.07, 6.45) is 0.745. The zero-order chi connectivity index (χ0) is 10.8. The van der Waals surface area contributed by atoms with Crippen molar-refractivity contribution in [3.63, 3.8) is 0 Å². The second-order valence-electron chi connectivity index (χ2n) is 3.33. The normalized spacial score (nSPS) is 13.3. The molecule has 1 aromatic rings. The highest BCUT2D eigenvalue weighted by atomic mass is 79.9. The summed E-state index contributed by atoms with van der Waals surface area (Å²) in [5.74, 6) is 6.62. The number of nitrogens with two attached hydrogens (primary N) is 1. The smallest absolute Gasteiger partial charge is 0.231 e. The average Bonchev–Trinajstić information content (AvgIpc) is 2.69. The predicted octanol–water partition coefficient (Wildman–Crippen LogP) is 1.92. The molecular weight excluding hydrogens is 262 g/mol. The maximum Gasteiger partial charge on any atom is 0.231 e. The molecule has 2 rings (SSSR count). The Kier molecular flexibility index (Phi) is 3.14. The lowest BCUT2D eigenvalue weighted by molar-refractivity contribution is 0.141. The van der Waals surface area contributed by atoms with Crippen molar-refractivity contribution in [1.29, 1.82) is 0 Å². The third-order valence-corrected chi connectivity index (χ3v) is 3.49. The van der Waals surface area contributed by atoms with E-state index < -0.39 is 0 Å². The monoisotopic (exact) mass is 273 g/mol. The van der Waals surface area contributed by atoms with Crippen LogP contribution in [0.3, 0.4) is 0 Å². The number of rotatable bonds is 3. The SMILES string of the molecule is Cc1c(Br)c(CCON)cc2c1OCO2. The van der Waals surface area contributed by atoms with Crippen LogP contribution in [0, 0.1) is 6.92 Å². The number of hydrogen-bond donors (Lipinski definition) is 1. The van der Waals surface area contributed by atoms with Crippen molar-refractivity contribution >= 4 is 15.9 Å². The maximum absolute atomic E-state index is 5.36. The molecular formula is C10H12BrNO3. The molecule has 0 aromatic heterocycles. The Morgan fingerprint density at radius 1 is 1.53 bits per heavy atom. The lowest BCUT2D eigenvalue weighted by atomic mass is 10.1. The van der Waals surface area contributed by atoms with Crippen LogP contribution < -0.4 is 15.4 Å². The van der Waals surface area contributed by atoms with Gasteiger partial charge in [-0.05, 0) is 25.0 Å². The summed E-state index contributed by atoms with van der Waals surface area (Å²) in [6.45, 7) is 2.77. The number of halogens is 1. The molecule has 0 radical (unpaired) electrons. The number of ether oxygens (including phenoxy) is 2. The fourth-order valence-corrected chi connectivity index (χ4v) is 2.09. The Hall–Kier alpha value is -0.780. The molecule has 0 atom stereocenters. The minimum Gasteiger partial charge on any atom is -0.454 e. The average molecular weight is 274 g/mol. The molecule has 0 bridgehead atoms. The second kappa shape index (κ2) is 4.38. The van der Waals surface area contributed by atoms with Gasteiger partial charge in [0.2, 0.25) is 6.79 Å². The Labute approximate surface area is 96.4 Å². The molecule has 0 unspecified atom stereocenters. The topological polar surface area (TPSA) is 53.7 Å². The summed E-state index contributed by atoms with van der Waals surface area (Å²) >= 11 is 3.53. The molecule has 1 aromatic carbocycles. The zero-order valence-electron chi connectivity index (χ0n) is 8.38. The fraction of sp³-hybridized carbons (Fsp3) is 0.400. The standard InChI is InChI=1S/C10H12BrNO3/c1-6-9(11)7(2-3-15-12)4-8-10(6)14-5-13-8/h4H,2-3,5,12H2,1H3. The third kappa shape index (κ3) is 1.95. The van der Waals surface area contributed by atoms with Gasteiger partial charge in [-0.15, -0.1) is 0 Å². The van der Waals surface area contributed by atoms with Gasteiger partial charge in [0.15, 0.2) is 11.5 Å². The van der Waals surface area contributed by atoms with Crippen molar-refractivity contribution in [3.8, 4) is 11.5 Å². The molecule has 15 heavy (non-hydrogen) atoms. The first-order valence-electron chi connectivity index (χ1n) is 4.63. The van der Waals surface area contributed by atoms with Crippen LogP contribution in [-0.2, 0) is 11.3 Å². The van der Waals surface area contributed by atoms with E-state index in [1.165, 1.54) is 0 Å². The van der Waals surface area contributed by atoms with E-state index in [4.69, 9.17) is 15.4 Å². The van der Waals surface area contributed by atoms with Crippen LogP contribution in [0.5, 0.6) is 11.5 Å². The first kappa shape index (κ1) is 10.7. The highest BCUT2D eigenvalue weighted by Gasteiger charge is 2.20. The quantitative estimate of drug-likeness (QED) is 0.855. The molecule has 5 heteroatoms. The van der Waals surface area contributed by atoms with Crippen molar-refractivity contribution in [2.45, 2.75) is 13.3 Å². The maximum atomic E-state index is 5.36.